The SMILES string of the molecule is CCn1cccc1CNc1ccccc1SC1CCCC1. The molecular formula is C18H24N2S. The number of rotatable bonds is 6. The molecule has 0 unspecified atom stereocenters. The topological polar surface area (TPSA) is 17.0 Å². The molecule has 1 aliphatic rings. The van der Waals surface area contributed by atoms with Crippen molar-refractivity contribution in [3.63, 3.8) is 0 Å². The van der Waals surface area contributed by atoms with Crippen LogP contribution in [0.1, 0.15) is 38.3 Å². The summed E-state index contributed by atoms with van der Waals surface area (Å²) in [5, 5.41) is 4.44. The average molecular weight is 300 g/mol. The Kier molecular flexibility index (Phi) is 4.91. The number of benzene rings is 1. The Morgan fingerprint density at radius 2 is 1.95 bits per heavy atom. The number of hydrogen-bond acceptors (Lipinski definition) is 2. The molecule has 1 aromatic carbocycles. The van der Waals surface area contributed by atoms with Gasteiger partial charge in [-0.3, -0.25) is 0 Å². The molecule has 0 amide bonds. The van der Waals surface area contributed by atoms with Crippen molar-refractivity contribution in [3.05, 3.63) is 48.3 Å². The monoisotopic (exact) mass is 300 g/mol. The summed E-state index contributed by atoms with van der Waals surface area (Å²) >= 11 is 2.06. The van der Waals surface area contributed by atoms with E-state index in [1.807, 2.05) is 0 Å². The molecule has 21 heavy (non-hydrogen) atoms. The third-order valence-corrected chi connectivity index (χ3v) is 5.62. The van der Waals surface area contributed by atoms with Crippen molar-refractivity contribution in [1.82, 2.24) is 4.57 Å². The van der Waals surface area contributed by atoms with E-state index in [9.17, 15) is 0 Å². The van der Waals surface area contributed by atoms with Gasteiger partial charge in [-0.15, -0.1) is 11.8 Å². The number of thioether (sulfide) groups is 1. The van der Waals surface area contributed by atoms with Crippen molar-refractivity contribution in [2.24, 2.45) is 0 Å². The highest BCUT2D eigenvalue weighted by molar-refractivity contribution is 8.00. The van der Waals surface area contributed by atoms with E-state index in [-0.39, 0.29) is 0 Å². The minimum absolute atomic E-state index is 0.812. The molecule has 1 saturated carbocycles. The van der Waals surface area contributed by atoms with E-state index in [2.05, 4.69) is 71.2 Å². The molecule has 1 aromatic heterocycles. The third-order valence-electron chi connectivity index (χ3n) is 4.21. The molecule has 0 spiro atoms. The highest BCUT2D eigenvalue weighted by atomic mass is 32.2. The first kappa shape index (κ1) is 14.6. The number of para-hydroxylation sites is 1. The Morgan fingerprint density at radius 1 is 1.14 bits per heavy atom. The maximum absolute atomic E-state index is 3.62. The second-order valence-corrected chi connectivity index (χ2v) is 7.00. The van der Waals surface area contributed by atoms with Gasteiger partial charge in [-0.2, -0.15) is 0 Å². The molecule has 0 bridgehead atoms. The predicted molar refractivity (Wildman–Crippen MR) is 92.0 cm³/mol. The minimum atomic E-state index is 0.812. The van der Waals surface area contributed by atoms with Gasteiger partial charge in [0.25, 0.3) is 0 Å². The van der Waals surface area contributed by atoms with Crippen molar-refractivity contribution in [2.45, 2.75) is 55.8 Å². The summed E-state index contributed by atoms with van der Waals surface area (Å²) in [6.45, 7) is 4.11. The standard InChI is InChI=1S/C18H24N2S/c1-2-20-13-7-8-15(20)14-19-17-11-5-6-12-18(17)21-16-9-3-4-10-16/h5-8,11-13,16,19H,2-4,9-10,14H2,1H3. The Labute approximate surface area is 131 Å². The van der Waals surface area contributed by atoms with Gasteiger partial charge in [0.15, 0.2) is 0 Å². The molecule has 0 saturated heterocycles. The summed E-state index contributed by atoms with van der Waals surface area (Å²) in [6.07, 6.45) is 7.69. The van der Waals surface area contributed by atoms with Gasteiger partial charge in [0.2, 0.25) is 0 Å². The fourth-order valence-electron chi connectivity index (χ4n) is 3.01. The van der Waals surface area contributed by atoms with Crippen molar-refractivity contribution in [2.75, 3.05) is 5.32 Å². The second kappa shape index (κ2) is 7.08. The van der Waals surface area contributed by atoms with Gasteiger partial charge in [-0.25, -0.2) is 0 Å². The maximum Gasteiger partial charge on any atom is 0.0553 e. The lowest BCUT2D eigenvalue weighted by molar-refractivity contribution is 0.723. The van der Waals surface area contributed by atoms with Gasteiger partial charge in [0, 0.05) is 34.3 Å². The van der Waals surface area contributed by atoms with Crippen LogP contribution in [0.2, 0.25) is 0 Å². The fraction of sp³-hybridized carbons (Fsp3) is 0.444. The predicted octanol–water partition coefficient (Wildman–Crippen LogP) is 5.15. The van der Waals surface area contributed by atoms with Crippen LogP contribution in [-0.2, 0) is 13.1 Å². The fourth-order valence-corrected chi connectivity index (χ4v) is 4.36. The van der Waals surface area contributed by atoms with Crippen molar-refractivity contribution in [1.29, 1.82) is 0 Å². The van der Waals surface area contributed by atoms with E-state index in [0.29, 0.717) is 0 Å². The van der Waals surface area contributed by atoms with Crippen LogP contribution in [0.25, 0.3) is 0 Å². The first-order valence-electron chi connectivity index (χ1n) is 8.00. The van der Waals surface area contributed by atoms with Crippen LogP contribution >= 0.6 is 11.8 Å². The molecule has 2 aromatic rings. The summed E-state index contributed by atoms with van der Waals surface area (Å²) in [5.74, 6) is 0. The zero-order chi connectivity index (χ0) is 14.5. The number of nitrogens with zero attached hydrogens (tertiary/aromatic N) is 1. The molecule has 1 heterocycles. The lowest BCUT2D eigenvalue weighted by Crippen LogP contribution is -2.07. The smallest absolute Gasteiger partial charge is 0.0553 e. The summed E-state index contributed by atoms with van der Waals surface area (Å²) < 4.78 is 2.29. The zero-order valence-corrected chi connectivity index (χ0v) is 13.5. The molecule has 1 fully saturated rings. The van der Waals surface area contributed by atoms with Crippen LogP contribution in [0, 0.1) is 0 Å². The van der Waals surface area contributed by atoms with Gasteiger partial charge in [0.05, 0.1) is 6.54 Å². The Hall–Kier alpha value is -1.35. The Morgan fingerprint density at radius 3 is 2.76 bits per heavy atom. The largest absolute Gasteiger partial charge is 0.379 e. The van der Waals surface area contributed by atoms with E-state index >= 15 is 0 Å². The molecule has 3 heteroatoms. The van der Waals surface area contributed by atoms with Crippen molar-refractivity contribution in [3.8, 4) is 0 Å². The summed E-state index contributed by atoms with van der Waals surface area (Å²) in [7, 11) is 0. The Balaban J connectivity index is 1.67. The number of aryl methyl sites for hydroxylation is 1. The molecule has 0 aliphatic heterocycles. The number of anilines is 1. The molecule has 1 aliphatic carbocycles. The van der Waals surface area contributed by atoms with E-state index in [0.717, 1.165) is 18.3 Å². The molecule has 3 rings (SSSR count). The molecule has 112 valence electrons. The molecular weight excluding hydrogens is 276 g/mol. The third kappa shape index (κ3) is 3.65. The van der Waals surface area contributed by atoms with Crippen LogP contribution in [0.5, 0.6) is 0 Å². The van der Waals surface area contributed by atoms with Crippen molar-refractivity contribution < 1.29 is 0 Å². The summed E-state index contributed by atoms with van der Waals surface area (Å²) in [6, 6.07) is 13.1. The molecule has 0 radical (unpaired) electrons. The minimum Gasteiger partial charge on any atom is -0.379 e. The first-order valence-corrected chi connectivity index (χ1v) is 8.88. The van der Waals surface area contributed by atoms with E-state index in [1.165, 1.54) is 42.0 Å². The van der Waals surface area contributed by atoms with E-state index < -0.39 is 0 Å². The zero-order valence-electron chi connectivity index (χ0n) is 12.7. The molecule has 1 N–H and O–H groups in total. The number of hydrogen-bond donors (Lipinski definition) is 1. The lowest BCUT2D eigenvalue weighted by atomic mass is 10.3. The van der Waals surface area contributed by atoms with Crippen LogP contribution < -0.4 is 5.32 Å². The highest BCUT2D eigenvalue weighted by Gasteiger charge is 2.17. The maximum atomic E-state index is 3.62. The van der Waals surface area contributed by atoms with Crippen LogP contribution in [-0.4, -0.2) is 9.82 Å². The van der Waals surface area contributed by atoms with Gasteiger partial charge in [-0.1, -0.05) is 25.0 Å². The lowest BCUT2D eigenvalue weighted by Gasteiger charge is -2.15. The van der Waals surface area contributed by atoms with Crippen LogP contribution in [0.15, 0.2) is 47.5 Å². The summed E-state index contributed by atoms with van der Waals surface area (Å²) in [5.41, 5.74) is 2.62. The van der Waals surface area contributed by atoms with Crippen LogP contribution in [0.4, 0.5) is 5.69 Å². The second-order valence-electron chi connectivity index (χ2n) is 5.66. The number of aromatic nitrogens is 1. The van der Waals surface area contributed by atoms with Gasteiger partial charge < -0.3 is 9.88 Å². The van der Waals surface area contributed by atoms with E-state index in [1.54, 1.807) is 0 Å². The molecule has 2 nitrogen and oxygen atoms in total. The summed E-state index contributed by atoms with van der Waals surface area (Å²) in [4.78, 5) is 1.40. The van der Waals surface area contributed by atoms with Crippen molar-refractivity contribution >= 4 is 17.4 Å². The van der Waals surface area contributed by atoms with Gasteiger partial charge in [0.1, 0.15) is 0 Å². The average Bonchev–Trinajstić information content (AvgIpc) is 3.17. The normalized spacial score (nSPS) is 15.5. The quantitative estimate of drug-likeness (QED) is 0.794. The Bertz CT molecular complexity index is 570. The molecule has 0 atom stereocenters. The van der Waals surface area contributed by atoms with Crippen LogP contribution in [0.3, 0.4) is 0 Å². The van der Waals surface area contributed by atoms with Gasteiger partial charge in [-0.05, 0) is 44.0 Å². The van der Waals surface area contributed by atoms with E-state index in [4.69, 9.17) is 0 Å². The van der Waals surface area contributed by atoms with Gasteiger partial charge >= 0.3 is 0 Å². The first-order chi connectivity index (χ1) is 10.4. The highest BCUT2D eigenvalue weighted by Crippen LogP contribution is 2.38. The number of nitrogens with one attached hydrogen (secondary N) is 1.